The molecule has 2 aromatic heterocycles. The summed E-state index contributed by atoms with van der Waals surface area (Å²) < 4.78 is 8.34. The smallest absolute Gasteiger partial charge is 0.336 e. The summed E-state index contributed by atoms with van der Waals surface area (Å²) >= 11 is 1.27. The van der Waals surface area contributed by atoms with E-state index in [4.69, 9.17) is 4.74 Å². The predicted octanol–water partition coefficient (Wildman–Crippen LogP) is 3.01. The fourth-order valence-electron chi connectivity index (χ4n) is 4.25. The SMILES string of the molecule is CC[C@H]1CCCCN1C(=O)Cn1c(=O)n(-c2ccccc2OC)c(=O)c2sccc21. The quantitative estimate of drug-likeness (QED) is 0.627. The Bertz CT molecular complexity index is 1190. The molecule has 4 rings (SSSR count). The number of carbonyl (C=O) groups is 1. The molecular formula is C22H25N3O4S. The van der Waals surface area contributed by atoms with Crippen LogP contribution in [-0.2, 0) is 11.3 Å². The number of benzene rings is 1. The highest BCUT2D eigenvalue weighted by Gasteiger charge is 2.27. The van der Waals surface area contributed by atoms with E-state index in [1.807, 2.05) is 4.90 Å². The van der Waals surface area contributed by atoms with Crippen molar-refractivity contribution >= 4 is 27.5 Å². The molecule has 3 heterocycles. The number of hydrogen-bond donors (Lipinski definition) is 0. The highest BCUT2D eigenvalue weighted by Crippen LogP contribution is 2.23. The molecule has 0 unspecified atom stereocenters. The number of fused-ring (bicyclic) bond motifs is 1. The second-order valence-corrected chi connectivity index (χ2v) is 8.38. The molecule has 1 saturated heterocycles. The maximum atomic E-state index is 13.4. The average Bonchev–Trinajstić information content (AvgIpc) is 3.27. The van der Waals surface area contributed by atoms with Crippen molar-refractivity contribution in [3.8, 4) is 11.4 Å². The summed E-state index contributed by atoms with van der Waals surface area (Å²) in [6, 6.07) is 8.84. The topological polar surface area (TPSA) is 73.5 Å². The van der Waals surface area contributed by atoms with Crippen molar-refractivity contribution in [2.24, 2.45) is 0 Å². The number of rotatable bonds is 5. The third kappa shape index (κ3) is 3.45. The Balaban J connectivity index is 1.85. The van der Waals surface area contributed by atoms with Gasteiger partial charge in [-0.25, -0.2) is 9.36 Å². The fourth-order valence-corrected chi connectivity index (χ4v) is 5.07. The first-order valence-corrected chi connectivity index (χ1v) is 11.1. The minimum absolute atomic E-state index is 0.0821. The summed E-state index contributed by atoms with van der Waals surface area (Å²) in [5.74, 6) is 0.342. The van der Waals surface area contributed by atoms with E-state index >= 15 is 0 Å². The van der Waals surface area contributed by atoms with Crippen molar-refractivity contribution in [2.45, 2.75) is 45.2 Å². The lowest BCUT2D eigenvalue weighted by atomic mass is 10.00. The van der Waals surface area contributed by atoms with Gasteiger partial charge < -0.3 is 9.64 Å². The van der Waals surface area contributed by atoms with Gasteiger partial charge in [0.05, 0.1) is 18.3 Å². The van der Waals surface area contributed by atoms with Gasteiger partial charge in [-0.1, -0.05) is 19.1 Å². The van der Waals surface area contributed by atoms with Gasteiger partial charge in [-0.2, -0.15) is 0 Å². The highest BCUT2D eigenvalue weighted by atomic mass is 32.1. The van der Waals surface area contributed by atoms with Crippen molar-refractivity contribution in [2.75, 3.05) is 13.7 Å². The van der Waals surface area contributed by atoms with Crippen molar-refractivity contribution in [1.82, 2.24) is 14.0 Å². The van der Waals surface area contributed by atoms with Crippen LogP contribution in [0.3, 0.4) is 0 Å². The lowest BCUT2D eigenvalue weighted by molar-refractivity contribution is -0.135. The zero-order valence-corrected chi connectivity index (χ0v) is 18.0. The van der Waals surface area contributed by atoms with Gasteiger partial charge >= 0.3 is 5.69 Å². The average molecular weight is 428 g/mol. The maximum absolute atomic E-state index is 13.4. The predicted molar refractivity (Wildman–Crippen MR) is 118 cm³/mol. The van der Waals surface area contributed by atoms with E-state index in [0.717, 1.165) is 30.3 Å². The second kappa shape index (κ2) is 8.47. The molecule has 0 aliphatic carbocycles. The number of hydrogen-bond acceptors (Lipinski definition) is 5. The molecule has 3 aromatic rings. The van der Waals surface area contributed by atoms with Crippen LogP contribution in [-0.4, -0.2) is 39.6 Å². The van der Waals surface area contributed by atoms with Crippen LogP contribution in [0.25, 0.3) is 15.9 Å². The number of ether oxygens (including phenoxy) is 1. The molecule has 0 N–H and O–H groups in total. The zero-order valence-electron chi connectivity index (χ0n) is 17.2. The van der Waals surface area contributed by atoms with Gasteiger partial charge in [-0.15, -0.1) is 11.3 Å². The van der Waals surface area contributed by atoms with Gasteiger partial charge in [0.2, 0.25) is 5.91 Å². The molecule has 1 aliphatic heterocycles. The molecule has 0 radical (unpaired) electrons. The molecule has 1 aromatic carbocycles. The monoisotopic (exact) mass is 427 g/mol. The van der Waals surface area contributed by atoms with Crippen LogP contribution < -0.4 is 16.0 Å². The Morgan fingerprint density at radius 1 is 1.20 bits per heavy atom. The third-order valence-corrected chi connectivity index (χ3v) is 6.68. The summed E-state index contributed by atoms with van der Waals surface area (Å²) in [6.07, 6.45) is 3.99. The van der Waals surface area contributed by atoms with Crippen LogP contribution in [0.5, 0.6) is 5.75 Å². The standard InChI is InChI=1S/C22H25N3O4S/c1-3-15-8-6-7-12-23(15)19(26)14-24-17-11-13-30-20(17)21(27)25(22(24)28)16-9-4-5-10-18(16)29-2/h4-5,9-11,13,15H,3,6-8,12,14H2,1-2H3/t15-/m0/s1. The number of methoxy groups -OCH3 is 1. The first kappa shape index (κ1) is 20.4. The Hall–Kier alpha value is -2.87. The number of nitrogens with zero attached hydrogens (tertiary/aromatic N) is 3. The van der Waals surface area contributed by atoms with Crippen LogP contribution in [0.1, 0.15) is 32.6 Å². The van der Waals surface area contributed by atoms with Gasteiger partial charge in [-0.3, -0.25) is 14.2 Å². The number of amides is 1. The van der Waals surface area contributed by atoms with Gasteiger partial charge in [-0.05, 0) is 49.3 Å². The van der Waals surface area contributed by atoms with E-state index in [2.05, 4.69) is 6.92 Å². The molecule has 30 heavy (non-hydrogen) atoms. The van der Waals surface area contributed by atoms with Crippen molar-refractivity contribution in [1.29, 1.82) is 0 Å². The lowest BCUT2D eigenvalue weighted by Gasteiger charge is -2.35. The first-order valence-electron chi connectivity index (χ1n) is 10.2. The molecule has 1 amide bonds. The van der Waals surface area contributed by atoms with Crippen molar-refractivity contribution < 1.29 is 9.53 Å². The Morgan fingerprint density at radius 3 is 2.77 bits per heavy atom. The molecule has 1 fully saturated rings. The van der Waals surface area contributed by atoms with Crippen LogP contribution in [0, 0.1) is 0 Å². The van der Waals surface area contributed by atoms with Gasteiger partial charge in [0, 0.05) is 12.6 Å². The van der Waals surface area contributed by atoms with E-state index in [-0.39, 0.29) is 18.5 Å². The molecule has 1 aliphatic rings. The molecule has 0 bridgehead atoms. The summed E-state index contributed by atoms with van der Waals surface area (Å²) in [4.78, 5) is 41.6. The molecule has 0 saturated carbocycles. The van der Waals surface area contributed by atoms with E-state index in [1.165, 1.54) is 23.0 Å². The molecule has 8 heteroatoms. The summed E-state index contributed by atoms with van der Waals surface area (Å²) in [6.45, 7) is 2.71. The van der Waals surface area contributed by atoms with E-state index in [9.17, 15) is 14.4 Å². The fraction of sp³-hybridized carbons (Fsp3) is 0.409. The summed E-state index contributed by atoms with van der Waals surface area (Å²) in [5, 5.41) is 1.77. The van der Waals surface area contributed by atoms with Crippen LogP contribution >= 0.6 is 11.3 Å². The van der Waals surface area contributed by atoms with Gasteiger partial charge in [0.25, 0.3) is 5.56 Å². The minimum Gasteiger partial charge on any atom is -0.495 e. The molecule has 1 atom stereocenters. The van der Waals surface area contributed by atoms with Gasteiger partial charge in [0.15, 0.2) is 0 Å². The van der Waals surface area contributed by atoms with Crippen molar-refractivity contribution in [3.05, 3.63) is 56.5 Å². The number of thiophene rings is 1. The molecule has 158 valence electrons. The molecule has 0 spiro atoms. The second-order valence-electron chi connectivity index (χ2n) is 7.46. The Morgan fingerprint density at radius 2 is 2.00 bits per heavy atom. The largest absolute Gasteiger partial charge is 0.495 e. The zero-order chi connectivity index (χ0) is 21.3. The van der Waals surface area contributed by atoms with E-state index in [0.29, 0.717) is 28.2 Å². The third-order valence-electron chi connectivity index (χ3n) is 5.79. The van der Waals surface area contributed by atoms with Crippen LogP contribution in [0.2, 0.25) is 0 Å². The van der Waals surface area contributed by atoms with Crippen LogP contribution in [0.15, 0.2) is 45.3 Å². The Labute approximate surface area is 178 Å². The van der Waals surface area contributed by atoms with E-state index in [1.54, 1.807) is 35.7 Å². The number of carbonyl (C=O) groups excluding carboxylic acids is 1. The number of likely N-dealkylation sites (tertiary alicyclic amines) is 1. The number of piperidine rings is 1. The highest BCUT2D eigenvalue weighted by molar-refractivity contribution is 7.17. The Kier molecular flexibility index (Phi) is 5.76. The van der Waals surface area contributed by atoms with Crippen molar-refractivity contribution in [3.63, 3.8) is 0 Å². The minimum atomic E-state index is -0.534. The van der Waals surface area contributed by atoms with Gasteiger partial charge in [0.1, 0.15) is 17.0 Å². The normalized spacial score (nSPS) is 16.7. The first-order chi connectivity index (χ1) is 14.6. The molecular weight excluding hydrogens is 402 g/mol. The summed E-state index contributed by atoms with van der Waals surface area (Å²) in [5.41, 5.74) is -0.0631. The van der Waals surface area contributed by atoms with Crippen LogP contribution in [0.4, 0.5) is 0 Å². The van der Waals surface area contributed by atoms with E-state index < -0.39 is 11.2 Å². The molecule has 7 nitrogen and oxygen atoms in total. The number of para-hydroxylation sites is 2. The lowest BCUT2D eigenvalue weighted by Crippen LogP contribution is -2.47. The number of aromatic nitrogens is 2. The maximum Gasteiger partial charge on any atom is 0.336 e. The summed E-state index contributed by atoms with van der Waals surface area (Å²) in [7, 11) is 1.50.